The molecule has 0 aliphatic carbocycles. The normalized spacial score (nSPS) is 10.5. The minimum Gasteiger partial charge on any atom is -0.327 e. The Kier molecular flexibility index (Phi) is 13.8. The number of Topliss-reactive ketones (excluding diaryl/α,β-unsaturated/α-hetero) is 2. The van der Waals surface area contributed by atoms with E-state index in [9.17, 15) is 23.4 Å². The molecule has 0 radical (unpaired) electrons. The molecule has 0 fully saturated rings. The summed E-state index contributed by atoms with van der Waals surface area (Å²) in [4.78, 5) is 45.5. The van der Waals surface area contributed by atoms with Gasteiger partial charge in [-0.15, -0.1) is 23.2 Å². The van der Waals surface area contributed by atoms with E-state index in [1.807, 2.05) is 0 Å². The lowest BCUT2D eigenvalue weighted by molar-refractivity contribution is -0.149. The minimum absolute atomic E-state index is 0.0830. The average molecular weight is 403 g/mol. The van der Waals surface area contributed by atoms with Crippen molar-refractivity contribution in [3.8, 4) is 0 Å². The summed E-state index contributed by atoms with van der Waals surface area (Å²) in [7, 11) is 0. The third-order valence-corrected chi connectivity index (χ3v) is 3.93. The first-order chi connectivity index (χ1) is 11.4. The van der Waals surface area contributed by atoms with E-state index in [1.54, 1.807) is 0 Å². The van der Waals surface area contributed by atoms with Gasteiger partial charge in [0.1, 0.15) is 0 Å². The van der Waals surface area contributed by atoms with Crippen molar-refractivity contribution >= 4 is 58.1 Å². The third-order valence-electron chi connectivity index (χ3n) is 2.82. The van der Waals surface area contributed by atoms with Gasteiger partial charge in [0.25, 0.3) is 0 Å². The van der Waals surface area contributed by atoms with Crippen LogP contribution < -0.4 is 0 Å². The van der Waals surface area contributed by atoms with Crippen LogP contribution in [-0.2, 0) is 38.9 Å². The molecule has 0 saturated carbocycles. The molecule has 0 rings (SSSR count). The zero-order chi connectivity index (χ0) is 18.4. The second-order valence-corrected chi connectivity index (χ2v) is 6.29. The Balaban J connectivity index is 4.05. The number of rotatable bonds is 14. The Morgan fingerprint density at radius 2 is 1.04 bits per heavy atom. The van der Waals surface area contributed by atoms with Crippen molar-refractivity contribution in [3.05, 3.63) is 0 Å². The Labute approximate surface area is 153 Å². The van der Waals surface area contributed by atoms with E-state index < -0.39 is 34.9 Å². The van der Waals surface area contributed by atoms with Crippen LogP contribution in [0.25, 0.3) is 0 Å². The summed E-state index contributed by atoms with van der Waals surface area (Å²) >= 11 is 8.12. The van der Waals surface area contributed by atoms with Gasteiger partial charge in [0.2, 0.25) is 11.6 Å². The molecule has 0 amide bonds. The van der Waals surface area contributed by atoms with Crippen LogP contribution in [-0.4, -0.2) is 39.5 Å². The molecule has 0 spiro atoms. The van der Waals surface area contributed by atoms with Crippen LogP contribution in [0.5, 0.6) is 0 Å². The molecule has 0 atom stereocenters. The third kappa shape index (κ3) is 11.5. The van der Waals surface area contributed by atoms with Gasteiger partial charge in [-0.2, -0.15) is 4.21 Å². The van der Waals surface area contributed by atoms with E-state index >= 15 is 0 Å². The fourth-order valence-electron chi connectivity index (χ4n) is 1.55. The van der Waals surface area contributed by atoms with Crippen LogP contribution in [0.3, 0.4) is 0 Å². The number of carbonyl (C=O) groups is 4. The highest BCUT2D eigenvalue weighted by molar-refractivity contribution is 7.76. The van der Waals surface area contributed by atoms with Gasteiger partial charge in [-0.3, -0.25) is 9.59 Å². The highest BCUT2D eigenvalue weighted by Gasteiger charge is 2.24. The van der Waals surface area contributed by atoms with Crippen molar-refractivity contribution < 1.29 is 31.8 Å². The van der Waals surface area contributed by atoms with Gasteiger partial charge in [-0.1, -0.05) is 12.8 Å². The van der Waals surface area contributed by atoms with Crippen LogP contribution in [0.15, 0.2) is 0 Å². The van der Waals surface area contributed by atoms with E-state index in [0.29, 0.717) is 50.3 Å². The molecule has 7 nitrogen and oxygen atoms in total. The van der Waals surface area contributed by atoms with E-state index in [0.717, 1.165) is 0 Å². The smallest absolute Gasteiger partial charge is 0.327 e. The molecule has 138 valence electrons. The standard InChI is InChI=1S/C14H20Cl2O7S/c15-9-5-1-3-7-11(17)13(19)22-24(21)23-14(20)12(18)8-4-2-6-10-16/h1-10H2. The van der Waals surface area contributed by atoms with E-state index in [-0.39, 0.29) is 12.8 Å². The molecule has 0 aromatic heterocycles. The van der Waals surface area contributed by atoms with E-state index in [2.05, 4.69) is 8.37 Å². The summed E-state index contributed by atoms with van der Waals surface area (Å²) < 4.78 is 19.7. The average Bonchev–Trinajstić information content (AvgIpc) is 2.54. The van der Waals surface area contributed by atoms with Crippen molar-refractivity contribution in [3.63, 3.8) is 0 Å². The summed E-state index contributed by atoms with van der Waals surface area (Å²) in [6, 6.07) is 0. The number of halogens is 2. The molecule has 0 bridgehead atoms. The first kappa shape index (κ1) is 23.0. The van der Waals surface area contributed by atoms with Crippen molar-refractivity contribution in [1.82, 2.24) is 0 Å². The molecule has 0 aliphatic heterocycles. The van der Waals surface area contributed by atoms with Gasteiger partial charge in [0.15, 0.2) is 0 Å². The molecule has 0 N–H and O–H groups in total. The molecule has 10 heteroatoms. The lowest BCUT2D eigenvalue weighted by Gasteiger charge is -2.03. The quantitative estimate of drug-likeness (QED) is 0.249. The summed E-state index contributed by atoms with van der Waals surface area (Å²) in [5.74, 6) is -3.61. The molecule has 24 heavy (non-hydrogen) atoms. The Morgan fingerprint density at radius 1 is 0.667 bits per heavy atom. The van der Waals surface area contributed by atoms with Crippen LogP contribution in [0, 0.1) is 0 Å². The number of hydrogen-bond donors (Lipinski definition) is 0. The van der Waals surface area contributed by atoms with E-state index in [4.69, 9.17) is 23.2 Å². The minimum atomic E-state index is -2.82. The lowest BCUT2D eigenvalue weighted by Crippen LogP contribution is -2.24. The zero-order valence-corrected chi connectivity index (χ0v) is 15.4. The molecular formula is C14H20Cl2O7S. The molecule has 0 unspecified atom stereocenters. The highest BCUT2D eigenvalue weighted by atomic mass is 35.5. The number of hydrogen-bond acceptors (Lipinski definition) is 7. The second kappa shape index (κ2) is 14.4. The molecular weight excluding hydrogens is 383 g/mol. The predicted molar refractivity (Wildman–Crippen MR) is 88.7 cm³/mol. The van der Waals surface area contributed by atoms with Crippen molar-refractivity contribution in [2.45, 2.75) is 51.4 Å². The monoisotopic (exact) mass is 402 g/mol. The number of alkyl halides is 2. The fourth-order valence-corrected chi connectivity index (χ4v) is 2.40. The van der Waals surface area contributed by atoms with Crippen LogP contribution in [0.4, 0.5) is 0 Å². The molecule has 0 saturated heterocycles. The van der Waals surface area contributed by atoms with E-state index in [1.165, 1.54) is 0 Å². The largest absolute Gasteiger partial charge is 0.423 e. The molecule has 0 aliphatic rings. The lowest BCUT2D eigenvalue weighted by atomic mass is 10.1. The van der Waals surface area contributed by atoms with Crippen LogP contribution in [0.2, 0.25) is 0 Å². The van der Waals surface area contributed by atoms with Gasteiger partial charge in [0.05, 0.1) is 0 Å². The SMILES string of the molecule is O=C(CCCCCCl)C(=O)OS(=O)OC(=O)C(=O)CCCCCCl. The first-order valence-electron chi connectivity index (χ1n) is 7.47. The molecule has 0 heterocycles. The van der Waals surface area contributed by atoms with Gasteiger partial charge in [-0.05, 0) is 25.7 Å². The maximum atomic E-state index is 11.4. The second-order valence-electron chi connectivity index (χ2n) is 4.79. The number of ketones is 2. The first-order valence-corrected chi connectivity index (χ1v) is 9.54. The van der Waals surface area contributed by atoms with Gasteiger partial charge in [-0.25, -0.2) is 9.59 Å². The maximum absolute atomic E-state index is 11.4. The number of unbranched alkanes of at least 4 members (excludes halogenated alkanes) is 4. The summed E-state index contributed by atoms with van der Waals surface area (Å²) in [5, 5.41) is 0. The van der Waals surface area contributed by atoms with Gasteiger partial charge in [0, 0.05) is 24.6 Å². The van der Waals surface area contributed by atoms with Crippen molar-refractivity contribution in [2.24, 2.45) is 0 Å². The van der Waals surface area contributed by atoms with Gasteiger partial charge < -0.3 is 8.37 Å². The van der Waals surface area contributed by atoms with Crippen molar-refractivity contribution in [1.29, 1.82) is 0 Å². The molecule has 0 aromatic rings. The number of carbonyl (C=O) groups excluding carboxylic acids is 4. The Morgan fingerprint density at radius 3 is 1.38 bits per heavy atom. The van der Waals surface area contributed by atoms with Crippen LogP contribution >= 0.6 is 23.2 Å². The topological polar surface area (TPSA) is 104 Å². The highest BCUT2D eigenvalue weighted by Crippen LogP contribution is 2.05. The van der Waals surface area contributed by atoms with Gasteiger partial charge >= 0.3 is 23.3 Å². The maximum Gasteiger partial charge on any atom is 0.423 e. The Bertz CT molecular complexity index is 428. The fraction of sp³-hybridized carbons (Fsp3) is 0.714. The Hall–Kier alpha value is -0.990. The van der Waals surface area contributed by atoms with Crippen LogP contribution in [0.1, 0.15) is 51.4 Å². The predicted octanol–water partition coefficient (Wildman–Crippen LogP) is 2.39. The summed E-state index contributed by atoms with van der Waals surface area (Å²) in [6.07, 6.45) is 3.46. The molecule has 0 aromatic carbocycles. The zero-order valence-electron chi connectivity index (χ0n) is 13.1. The van der Waals surface area contributed by atoms with Crippen molar-refractivity contribution in [2.75, 3.05) is 11.8 Å². The summed E-state index contributed by atoms with van der Waals surface area (Å²) in [5.41, 5.74) is 0. The summed E-state index contributed by atoms with van der Waals surface area (Å²) in [6.45, 7) is 0.